The number of ether oxygens (including phenoxy) is 1. The van der Waals surface area contributed by atoms with Crippen molar-refractivity contribution in [3.63, 3.8) is 0 Å². The molecule has 0 unspecified atom stereocenters. The van der Waals surface area contributed by atoms with Gasteiger partial charge < -0.3 is 24.2 Å². The number of nitrogens with zero attached hydrogens (tertiary/aromatic N) is 6. The van der Waals surface area contributed by atoms with E-state index in [4.69, 9.17) is 4.74 Å². The van der Waals surface area contributed by atoms with Crippen LogP contribution in [0.2, 0.25) is 0 Å². The smallest absolute Gasteiger partial charge is 0.274 e. The van der Waals surface area contributed by atoms with Crippen LogP contribution in [0.25, 0.3) is 10.9 Å². The lowest BCUT2D eigenvalue weighted by molar-refractivity contribution is 0.00210. The lowest BCUT2D eigenvalue weighted by atomic mass is 9.68. The fraction of sp³-hybridized carbons (Fsp3) is 0.296. The minimum absolute atomic E-state index is 0.0763. The van der Waals surface area contributed by atoms with Gasteiger partial charge in [0.05, 0.1) is 36.9 Å². The summed E-state index contributed by atoms with van der Waals surface area (Å²) in [5, 5.41) is 11.6. The Morgan fingerprint density at radius 2 is 1.84 bits per heavy atom. The van der Waals surface area contributed by atoms with Crippen molar-refractivity contribution >= 4 is 22.7 Å². The Balaban J connectivity index is 1.48. The van der Waals surface area contributed by atoms with Crippen molar-refractivity contribution in [1.82, 2.24) is 29.3 Å². The number of amides is 2. The van der Waals surface area contributed by atoms with Gasteiger partial charge in [0, 0.05) is 74.2 Å². The van der Waals surface area contributed by atoms with Crippen LogP contribution in [0.5, 0.6) is 5.75 Å². The second-order valence-electron chi connectivity index (χ2n) is 9.60. The van der Waals surface area contributed by atoms with Crippen LogP contribution in [0.4, 0.5) is 0 Å². The number of aliphatic hydroxyl groups is 1. The minimum atomic E-state index is -0.580. The van der Waals surface area contributed by atoms with Gasteiger partial charge in [-0.3, -0.25) is 19.6 Å². The van der Waals surface area contributed by atoms with E-state index in [9.17, 15) is 14.7 Å². The Morgan fingerprint density at radius 3 is 2.51 bits per heavy atom. The number of fused-ring (bicyclic) bond motifs is 4. The molecule has 0 radical (unpaired) electrons. The quantitative estimate of drug-likeness (QED) is 0.458. The third-order valence-electron chi connectivity index (χ3n) is 7.57. The maximum Gasteiger partial charge on any atom is 0.274 e. The molecule has 0 bridgehead atoms. The Morgan fingerprint density at radius 1 is 1.05 bits per heavy atom. The molecule has 37 heavy (non-hydrogen) atoms. The van der Waals surface area contributed by atoms with Crippen molar-refractivity contribution < 1.29 is 19.4 Å². The summed E-state index contributed by atoms with van der Waals surface area (Å²) in [6.07, 6.45) is 7.64. The second kappa shape index (κ2) is 8.67. The maximum absolute atomic E-state index is 13.7. The van der Waals surface area contributed by atoms with Crippen molar-refractivity contribution in [3.05, 3.63) is 83.8 Å². The standard InChI is InChI=1S/C27H26N6O4/c1-31-21-11-18(37-2)3-4-19(21)23-24(31)22(13-34)33(26(36)20-12-29-9-10-30-20)16-27(23)14-32(15-27)25(35)17-5-7-28-8-6-17/h3-12,22,34H,13-16H2,1-2H3/t22-/m0/s1. The number of pyridine rings is 1. The van der Waals surface area contributed by atoms with Crippen molar-refractivity contribution in [2.75, 3.05) is 33.4 Å². The molecule has 4 aromatic rings. The van der Waals surface area contributed by atoms with E-state index >= 15 is 0 Å². The second-order valence-corrected chi connectivity index (χ2v) is 9.60. The first-order valence-electron chi connectivity index (χ1n) is 12.0. The van der Waals surface area contributed by atoms with Crippen LogP contribution >= 0.6 is 0 Å². The van der Waals surface area contributed by atoms with Gasteiger partial charge in [0.1, 0.15) is 11.4 Å². The van der Waals surface area contributed by atoms with Gasteiger partial charge in [-0.25, -0.2) is 4.98 Å². The van der Waals surface area contributed by atoms with E-state index < -0.39 is 11.5 Å². The minimum Gasteiger partial charge on any atom is -0.497 e. The summed E-state index contributed by atoms with van der Waals surface area (Å²) in [5.41, 5.74) is 3.14. The van der Waals surface area contributed by atoms with Gasteiger partial charge >= 0.3 is 0 Å². The first-order chi connectivity index (χ1) is 18.0. The van der Waals surface area contributed by atoms with Crippen LogP contribution in [0.1, 0.15) is 38.1 Å². The van der Waals surface area contributed by atoms with Crippen LogP contribution in [0.15, 0.2) is 61.3 Å². The molecule has 0 aliphatic carbocycles. The van der Waals surface area contributed by atoms with E-state index in [1.54, 1.807) is 41.4 Å². The lowest BCUT2D eigenvalue weighted by Crippen LogP contribution is -2.68. The largest absolute Gasteiger partial charge is 0.497 e. The van der Waals surface area contributed by atoms with Crippen LogP contribution in [0, 0.1) is 0 Å². The number of rotatable bonds is 4. The molecular formula is C27H26N6O4. The number of hydrogen-bond donors (Lipinski definition) is 1. The van der Waals surface area contributed by atoms with Gasteiger partial charge in [-0.05, 0) is 29.8 Å². The molecule has 1 atom stereocenters. The van der Waals surface area contributed by atoms with Gasteiger partial charge in [-0.1, -0.05) is 0 Å². The molecule has 10 nitrogen and oxygen atoms in total. The Hall–Kier alpha value is -4.31. The summed E-state index contributed by atoms with van der Waals surface area (Å²) in [4.78, 5) is 42.6. The third-order valence-corrected chi connectivity index (χ3v) is 7.57. The Kier molecular flexibility index (Phi) is 5.41. The first kappa shape index (κ1) is 23.1. The monoisotopic (exact) mass is 498 g/mol. The highest BCUT2D eigenvalue weighted by Crippen LogP contribution is 2.50. The molecule has 2 aliphatic rings. The van der Waals surface area contributed by atoms with Crippen molar-refractivity contribution in [2.24, 2.45) is 7.05 Å². The topological polar surface area (TPSA) is 114 Å². The first-order valence-corrected chi connectivity index (χ1v) is 12.0. The van der Waals surface area contributed by atoms with E-state index in [0.29, 0.717) is 25.2 Å². The van der Waals surface area contributed by atoms with E-state index in [0.717, 1.165) is 27.9 Å². The summed E-state index contributed by atoms with van der Waals surface area (Å²) in [6, 6.07) is 8.73. The van der Waals surface area contributed by atoms with Gasteiger partial charge in [-0.2, -0.15) is 0 Å². The molecule has 2 amide bonds. The average molecular weight is 499 g/mol. The number of methoxy groups -OCH3 is 1. The van der Waals surface area contributed by atoms with Gasteiger partial charge in [0.2, 0.25) is 0 Å². The van der Waals surface area contributed by atoms with E-state index in [-0.39, 0.29) is 24.1 Å². The molecule has 1 N–H and O–H groups in total. The number of likely N-dealkylation sites (tertiary alicyclic amines) is 1. The molecule has 5 heterocycles. The number of aromatic nitrogens is 4. The summed E-state index contributed by atoms with van der Waals surface area (Å²) < 4.78 is 7.50. The zero-order valence-corrected chi connectivity index (χ0v) is 20.5. The number of carbonyl (C=O) groups excluding carboxylic acids is 2. The van der Waals surface area contributed by atoms with Crippen LogP contribution < -0.4 is 4.74 Å². The third kappa shape index (κ3) is 3.47. The van der Waals surface area contributed by atoms with Gasteiger partial charge in [0.25, 0.3) is 11.8 Å². The molecule has 1 spiro atoms. The van der Waals surface area contributed by atoms with E-state index in [2.05, 4.69) is 15.0 Å². The van der Waals surface area contributed by atoms with Crippen molar-refractivity contribution in [2.45, 2.75) is 11.5 Å². The Labute approximate surface area is 213 Å². The highest BCUT2D eigenvalue weighted by Gasteiger charge is 2.55. The summed E-state index contributed by atoms with van der Waals surface area (Å²) in [5.74, 6) is 0.335. The zero-order chi connectivity index (χ0) is 25.7. The molecule has 3 aromatic heterocycles. The molecule has 2 aliphatic heterocycles. The average Bonchev–Trinajstić information content (AvgIpc) is 3.23. The zero-order valence-electron chi connectivity index (χ0n) is 20.5. The van der Waals surface area contributed by atoms with Crippen LogP contribution in [-0.2, 0) is 12.5 Å². The summed E-state index contributed by atoms with van der Waals surface area (Å²) in [6.45, 7) is 0.964. The molecule has 6 rings (SSSR count). The van der Waals surface area contributed by atoms with Gasteiger partial charge in [0.15, 0.2) is 0 Å². The predicted octanol–water partition coefficient (Wildman–Crippen LogP) is 1.96. The highest BCUT2D eigenvalue weighted by molar-refractivity contribution is 5.97. The Bertz CT molecular complexity index is 1500. The SMILES string of the molecule is COc1ccc2c3c(n(C)c2c1)[C@H](CO)N(C(=O)c1cnccn1)CC31CN(C(=O)c2ccncc2)C1. The molecule has 188 valence electrons. The lowest BCUT2D eigenvalue weighted by Gasteiger charge is -2.56. The van der Waals surface area contributed by atoms with Crippen molar-refractivity contribution in [1.29, 1.82) is 0 Å². The molecular weight excluding hydrogens is 472 g/mol. The van der Waals surface area contributed by atoms with E-state index in [1.807, 2.05) is 29.8 Å². The summed E-state index contributed by atoms with van der Waals surface area (Å²) in [7, 11) is 3.56. The predicted molar refractivity (Wildman–Crippen MR) is 134 cm³/mol. The molecule has 1 saturated heterocycles. The molecule has 10 heteroatoms. The fourth-order valence-electron chi connectivity index (χ4n) is 5.89. The normalized spacial score (nSPS) is 18.0. The molecule has 1 aromatic carbocycles. The highest BCUT2D eigenvalue weighted by atomic mass is 16.5. The molecule has 1 fully saturated rings. The number of carbonyl (C=O) groups is 2. The van der Waals surface area contributed by atoms with Crippen molar-refractivity contribution in [3.8, 4) is 5.75 Å². The van der Waals surface area contributed by atoms with Gasteiger partial charge in [-0.15, -0.1) is 0 Å². The van der Waals surface area contributed by atoms with Crippen LogP contribution in [0.3, 0.4) is 0 Å². The number of aryl methyl sites for hydroxylation is 1. The van der Waals surface area contributed by atoms with E-state index in [1.165, 1.54) is 18.6 Å². The maximum atomic E-state index is 13.7. The number of aliphatic hydroxyl groups excluding tert-OH is 1. The van der Waals surface area contributed by atoms with Crippen LogP contribution in [-0.4, -0.2) is 79.6 Å². The summed E-state index contributed by atoms with van der Waals surface area (Å²) >= 11 is 0. The number of hydrogen-bond acceptors (Lipinski definition) is 7. The fourth-order valence-corrected chi connectivity index (χ4v) is 5.89. The molecule has 0 saturated carbocycles. The number of benzene rings is 1.